The second kappa shape index (κ2) is 6.86. The summed E-state index contributed by atoms with van der Waals surface area (Å²) in [4.78, 5) is 25.1. The Labute approximate surface area is 113 Å². The summed E-state index contributed by atoms with van der Waals surface area (Å²) in [6.07, 6.45) is 2.30. The van der Waals surface area contributed by atoms with Crippen molar-refractivity contribution in [3.8, 4) is 0 Å². The van der Waals surface area contributed by atoms with Gasteiger partial charge in [0.1, 0.15) is 6.61 Å². The summed E-state index contributed by atoms with van der Waals surface area (Å²) in [5, 5.41) is 3.01. The third-order valence-electron chi connectivity index (χ3n) is 3.83. The van der Waals surface area contributed by atoms with Gasteiger partial charge in [-0.05, 0) is 18.8 Å². The monoisotopic (exact) mass is 270 g/mol. The molecule has 0 aromatic carbocycles. The molecule has 0 spiro atoms. The highest BCUT2D eigenvalue weighted by atomic mass is 16.5. The lowest BCUT2D eigenvalue weighted by atomic mass is 9.85. The minimum Gasteiger partial charge on any atom is -0.382 e. The Hall–Kier alpha value is -1.14. The standard InChI is InChI=1S/C13H22N2O4/c1-18-6-7-19-9-13(17)15-5-4-11-10(8-15)2-3-12(16)14-11/h10-11H,2-9H2,1H3,(H,14,16). The van der Waals surface area contributed by atoms with Gasteiger partial charge in [-0.1, -0.05) is 0 Å². The summed E-state index contributed by atoms with van der Waals surface area (Å²) < 4.78 is 10.1. The molecule has 2 amide bonds. The third kappa shape index (κ3) is 3.91. The Bertz CT molecular complexity index is 335. The van der Waals surface area contributed by atoms with Crippen molar-refractivity contribution in [3.63, 3.8) is 0 Å². The van der Waals surface area contributed by atoms with Crippen molar-refractivity contribution >= 4 is 11.8 Å². The van der Waals surface area contributed by atoms with Crippen LogP contribution in [0.2, 0.25) is 0 Å². The Morgan fingerprint density at radius 1 is 1.42 bits per heavy atom. The van der Waals surface area contributed by atoms with Crippen LogP contribution in [-0.2, 0) is 19.1 Å². The van der Waals surface area contributed by atoms with E-state index in [1.807, 2.05) is 4.90 Å². The van der Waals surface area contributed by atoms with E-state index in [0.29, 0.717) is 32.1 Å². The Kier molecular flexibility index (Phi) is 5.15. The van der Waals surface area contributed by atoms with Crippen LogP contribution < -0.4 is 5.32 Å². The molecule has 108 valence electrons. The van der Waals surface area contributed by atoms with Gasteiger partial charge < -0.3 is 19.7 Å². The molecule has 0 bridgehead atoms. The number of hydrogen-bond donors (Lipinski definition) is 1. The fraction of sp³-hybridized carbons (Fsp3) is 0.846. The molecule has 6 heteroatoms. The van der Waals surface area contributed by atoms with Crippen LogP contribution in [0.4, 0.5) is 0 Å². The average molecular weight is 270 g/mol. The summed E-state index contributed by atoms with van der Waals surface area (Å²) >= 11 is 0. The minimum absolute atomic E-state index is 0.0338. The number of ether oxygens (including phenoxy) is 2. The molecule has 6 nitrogen and oxygen atoms in total. The largest absolute Gasteiger partial charge is 0.382 e. The van der Waals surface area contributed by atoms with Crippen LogP contribution in [0.25, 0.3) is 0 Å². The molecule has 2 heterocycles. The molecule has 0 saturated carbocycles. The summed E-state index contributed by atoms with van der Waals surface area (Å²) in [5.74, 6) is 0.574. The zero-order valence-corrected chi connectivity index (χ0v) is 11.4. The van der Waals surface area contributed by atoms with Crippen molar-refractivity contribution < 1.29 is 19.1 Å². The van der Waals surface area contributed by atoms with Crippen LogP contribution in [-0.4, -0.2) is 62.8 Å². The van der Waals surface area contributed by atoms with E-state index in [1.54, 1.807) is 7.11 Å². The lowest BCUT2D eigenvalue weighted by molar-refractivity contribution is -0.139. The highest BCUT2D eigenvalue weighted by Gasteiger charge is 2.35. The van der Waals surface area contributed by atoms with Crippen molar-refractivity contribution in [1.82, 2.24) is 10.2 Å². The summed E-state index contributed by atoms with van der Waals surface area (Å²) in [6, 6.07) is 0.250. The summed E-state index contributed by atoms with van der Waals surface area (Å²) in [7, 11) is 1.60. The van der Waals surface area contributed by atoms with Crippen molar-refractivity contribution in [2.24, 2.45) is 5.92 Å². The first-order chi connectivity index (χ1) is 9.20. The first-order valence-electron chi connectivity index (χ1n) is 6.84. The lowest BCUT2D eigenvalue weighted by Crippen LogP contribution is -2.55. The maximum Gasteiger partial charge on any atom is 0.248 e. The molecule has 19 heavy (non-hydrogen) atoms. The normalized spacial score (nSPS) is 26.8. The van der Waals surface area contributed by atoms with Crippen molar-refractivity contribution in [2.75, 3.05) is 40.0 Å². The molecule has 0 aromatic heterocycles. The van der Waals surface area contributed by atoms with Gasteiger partial charge in [0.15, 0.2) is 0 Å². The predicted molar refractivity (Wildman–Crippen MR) is 68.5 cm³/mol. The first kappa shape index (κ1) is 14.3. The molecule has 2 rings (SSSR count). The van der Waals surface area contributed by atoms with E-state index in [4.69, 9.17) is 9.47 Å². The SMILES string of the molecule is COCCOCC(=O)N1CCC2NC(=O)CCC2C1. The second-order valence-corrected chi connectivity index (χ2v) is 5.15. The first-order valence-corrected chi connectivity index (χ1v) is 6.84. The number of piperidine rings is 2. The molecule has 0 radical (unpaired) electrons. The number of nitrogens with zero attached hydrogens (tertiary/aromatic N) is 1. The van der Waals surface area contributed by atoms with E-state index >= 15 is 0 Å². The van der Waals surface area contributed by atoms with E-state index < -0.39 is 0 Å². The smallest absolute Gasteiger partial charge is 0.248 e. The fourth-order valence-electron chi connectivity index (χ4n) is 2.73. The number of carbonyl (C=O) groups excluding carboxylic acids is 2. The maximum atomic E-state index is 12.0. The molecular formula is C13H22N2O4. The predicted octanol–water partition coefficient (Wildman–Crippen LogP) is -0.223. The molecular weight excluding hydrogens is 248 g/mol. The lowest BCUT2D eigenvalue weighted by Gasteiger charge is -2.41. The van der Waals surface area contributed by atoms with Gasteiger partial charge in [0.2, 0.25) is 11.8 Å². The molecule has 2 unspecified atom stereocenters. The van der Waals surface area contributed by atoms with Gasteiger partial charge in [-0.3, -0.25) is 9.59 Å². The van der Waals surface area contributed by atoms with Crippen molar-refractivity contribution in [2.45, 2.75) is 25.3 Å². The topological polar surface area (TPSA) is 67.9 Å². The minimum atomic E-state index is 0.0338. The summed E-state index contributed by atoms with van der Waals surface area (Å²) in [6.45, 7) is 2.50. The molecule has 2 aliphatic heterocycles. The van der Waals surface area contributed by atoms with E-state index in [9.17, 15) is 9.59 Å². The molecule has 0 aromatic rings. The molecule has 2 saturated heterocycles. The number of rotatable bonds is 5. The summed E-state index contributed by atoms with van der Waals surface area (Å²) in [5.41, 5.74) is 0. The number of fused-ring (bicyclic) bond motifs is 1. The van der Waals surface area contributed by atoms with Gasteiger partial charge in [0.05, 0.1) is 13.2 Å². The maximum absolute atomic E-state index is 12.0. The number of nitrogens with one attached hydrogen (secondary N) is 1. The zero-order chi connectivity index (χ0) is 13.7. The van der Waals surface area contributed by atoms with Gasteiger partial charge in [-0.25, -0.2) is 0 Å². The van der Waals surface area contributed by atoms with Crippen LogP contribution in [0, 0.1) is 5.92 Å². The van der Waals surface area contributed by atoms with Gasteiger partial charge >= 0.3 is 0 Å². The molecule has 1 N–H and O–H groups in total. The average Bonchev–Trinajstić information content (AvgIpc) is 2.42. The van der Waals surface area contributed by atoms with Crippen LogP contribution >= 0.6 is 0 Å². The third-order valence-corrected chi connectivity index (χ3v) is 3.83. The fourth-order valence-corrected chi connectivity index (χ4v) is 2.73. The van der Waals surface area contributed by atoms with Crippen LogP contribution in [0.1, 0.15) is 19.3 Å². The highest BCUT2D eigenvalue weighted by molar-refractivity contribution is 5.78. The Morgan fingerprint density at radius 3 is 3.05 bits per heavy atom. The molecule has 0 aliphatic carbocycles. The molecule has 2 aliphatic rings. The van der Waals surface area contributed by atoms with Gasteiger partial charge in [-0.2, -0.15) is 0 Å². The molecule has 2 fully saturated rings. The number of carbonyl (C=O) groups is 2. The number of amides is 2. The van der Waals surface area contributed by atoms with Crippen molar-refractivity contribution in [1.29, 1.82) is 0 Å². The Balaban J connectivity index is 1.74. The van der Waals surface area contributed by atoms with Crippen LogP contribution in [0.15, 0.2) is 0 Å². The number of hydrogen-bond acceptors (Lipinski definition) is 4. The van der Waals surface area contributed by atoms with Gasteiger partial charge in [-0.15, -0.1) is 0 Å². The molecule has 2 atom stereocenters. The van der Waals surface area contributed by atoms with E-state index in [-0.39, 0.29) is 24.5 Å². The van der Waals surface area contributed by atoms with Gasteiger partial charge in [0, 0.05) is 32.7 Å². The van der Waals surface area contributed by atoms with E-state index in [2.05, 4.69) is 5.32 Å². The highest BCUT2D eigenvalue weighted by Crippen LogP contribution is 2.25. The van der Waals surface area contributed by atoms with Crippen LogP contribution in [0.5, 0.6) is 0 Å². The van der Waals surface area contributed by atoms with Crippen molar-refractivity contribution in [3.05, 3.63) is 0 Å². The zero-order valence-electron chi connectivity index (χ0n) is 11.4. The van der Waals surface area contributed by atoms with Crippen LogP contribution in [0.3, 0.4) is 0 Å². The quantitative estimate of drug-likeness (QED) is 0.701. The van der Waals surface area contributed by atoms with E-state index in [1.165, 1.54) is 0 Å². The van der Waals surface area contributed by atoms with Gasteiger partial charge in [0.25, 0.3) is 0 Å². The number of likely N-dealkylation sites (tertiary alicyclic amines) is 1. The van der Waals surface area contributed by atoms with E-state index in [0.717, 1.165) is 19.4 Å². The Morgan fingerprint density at radius 2 is 2.26 bits per heavy atom. The second-order valence-electron chi connectivity index (χ2n) is 5.15. The number of methoxy groups -OCH3 is 1.